The number of rotatable bonds is 3. The number of methoxy groups -OCH3 is 1. The second kappa shape index (κ2) is 6.87. The molecule has 6 nitrogen and oxygen atoms in total. The van der Waals surface area contributed by atoms with Crippen LogP contribution in [0.2, 0.25) is 0 Å². The minimum absolute atomic E-state index is 0.0128. The van der Waals surface area contributed by atoms with Gasteiger partial charge in [0.2, 0.25) is 0 Å². The maximum Gasteiger partial charge on any atom is 0.498 e. The van der Waals surface area contributed by atoms with E-state index in [0.29, 0.717) is 31.1 Å². The smallest absolute Gasteiger partial charge is 0.497 e. The first-order chi connectivity index (χ1) is 12.2. The van der Waals surface area contributed by atoms with Crippen molar-refractivity contribution < 1.29 is 23.6 Å². The molecule has 0 radical (unpaired) electrons. The molecule has 2 saturated heterocycles. The van der Waals surface area contributed by atoms with Gasteiger partial charge in [-0.3, -0.25) is 4.79 Å². The van der Waals surface area contributed by atoms with Crippen molar-refractivity contribution in [2.45, 2.75) is 51.9 Å². The molecular weight excluding hydrogens is 333 g/mol. The molecule has 1 aromatic carbocycles. The average molecular weight is 361 g/mol. The van der Waals surface area contributed by atoms with E-state index in [-0.39, 0.29) is 11.9 Å². The van der Waals surface area contributed by atoms with Gasteiger partial charge < -0.3 is 23.7 Å². The van der Waals surface area contributed by atoms with Crippen molar-refractivity contribution in [2.24, 2.45) is 0 Å². The van der Waals surface area contributed by atoms with Gasteiger partial charge in [0.25, 0.3) is 5.91 Å². The quantitative estimate of drug-likeness (QED) is 0.770. The number of hydrogen-bond donors (Lipinski definition) is 0. The molecule has 1 amide bonds. The molecule has 7 heteroatoms. The van der Waals surface area contributed by atoms with Gasteiger partial charge in [-0.1, -0.05) is 0 Å². The van der Waals surface area contributed by atoms with Gasteiger partial charge >= 0.3 is 7.12 Å². The lowest BCUT2D eigenvalue weighted by Gasteiger charge is -2.33. The van der Waals surface area contributed by atoms with Gasteiger partial charge in [0.05, 0.1) is 37.6 Å². The molecule has 2 fully saturated rings. The van der Waals surface area contributed by atoms with Crippen molar-refractivity contribution in [1.82, 2.24) is 4.90 Å². The van der Waals surface area contributed by atoms with E-state index in [9.17, 15) is 4.79 Å². The molecule has 3 rings (SSSR count). The summed E-state index contributed by atoms with van der Waals surface area (Å²) >= 11 is 0. The molecular formula is C19H28BNO5. The van der Waals surface area contributed by atoms with E-state index in [4.69, 9.17) is 18.8 Å². The summed E-state index contributed by atoms with van der Waals surface area (Å²) in [6, 6.07) is 5.47. The van der Waals surface area contributed by atoms with Crippen LogP contribution in [-0.2, 0) is 14.0 Å². The zero-order valence-electron chi connectivity index (χ0n) is 16.5. The Labute approximate surface area is 155 Å². The SMILES string of the molecule is COc1ccc(C(=O)N2CCOCC2C)cc1B1OC(C)(C)C(C)(C)O1. The third-order valence-electron chi connectivity index (χ3n) is 5.61. The number of nitrogens with zero attached hydrogens (tertiary/aromatic N) is 1. The Morgan fingerprint density at radius 3 is 2.46 bits per heavy atom. The summed E-state index contributed by atoms with van der Waals surface area (Å²) in [6.07, 6.45) is 0. The topological polar surface area (TPSA) is 57.2 Å². The molecule has 0 bridgehead atoms. The Balaban J connectivity index is 1.91. The summed E-state index contributed by atoms with van der Waals surface area (Å²) in [5.74, 6) is 0.635. The van der Waals surface area contributed by atoms with Crippen LogP contribution >= 0.6 is 0 Å². The zero-order chi connectivity index (χ0) is 19.1. The van der Waals surface area contributed by atoms with Crippen LogP contribution in [0.25, 0.3) is 0 Å². The highest BCUT2D eigenvalue weighted by Crippen LogP contribution is 2.37. The van der Waals surface area contributed by atoms with Crippen LogP contribution in [0, 0.1) is 0 Å². The van der Waals surface area contributed by atoms with Crippen molar-refractivity contribution in [1.29, 1.82) is 0 Å². The van der Waals surface area contributed by atoms with Crippen LogP contribution in [0.15, 0.2) is 18.2 Å². The van der Waals surface area contributed by atoms with Crippen LogP contribution in [-0.4, -0.2) is 62.0 Å². The van der Waals surface area contributed by atoms with Crippen LogP contribution in [0.5, 0.6) is 5.75 Å². The van der Waals surface area contributed by atoms with E-state index in [1.165, 1.54) is 0 Å². The molecule has 0 aliphatic carbocycles. The molecule has 0 spiro atoms. The minimum Gasteiger partial charge on any atom is -0.497 e. The lowest BCUT2D eigenvalue weighted by atomic mass is 9.77. The van der Waals surface area contributed by atoms with Crippen molar-refractivity contribution in [3.05, 3.63) is 23.8 Å². The van der Waals surface area contributed by atoms with Gasteiger partial charge in [0, 0.05) is 17.6 Å². The highest BCUT2D eigenvalue weighted by molar-refractivity contribution is 6.63. The summed E-state index contributed by atoms with van der Waals surface area (Å²) in [5.41, 5.74) is 0.421. The number of ether oxygens (including phenoxy) is 2. The number of carbonyl (C=O) groups excluding carboxylic acids is 1. The maximum atomic E-state index is 13.0. The second-order valence-corrected chi connectivity index (χ2v) is 7.97. The maximum absolute atomic E-state index is 13.0. The fourth-order valence-corrected chi connectivity index (χ4v) is 3.22. The Morgan fingerprint density at radius 1 is 1.23 bits per heavy atom. The standard InChI is InChI=1S/C19H28BNO5/c1-13-12-24-10-9-21(13)17(22)14-7-8-16(23-6)15(11-14)20-25-18(2,3)19(4,5)26-20/h7-8,11,13H,9-10,12H2,1-6H3. The van der Waals surface area contributed by atoms with Gasteiger partial charge in [0.1, 0.15) is 5.75 Å². The second-order valence-electron chi connectivity index (χ2n) is 7.97. The van der Waals surface area contributed by atoms with Crippen molar-refractivity contribution in [2.75, 3.05) is 26.9 Å². The van der Waals surface area contributed by atoms with Crippen molar-refractivity contribution in [3.63, 3.8) is 0 Å². The molecule has 26 heavy (non-hydrogen) atoms. The fraction of sp³-hybridized carbons (Fsp3) is 0.632. The highest BCUT2D eigenvalue weighted by atomic mass is 16.7. The van der Waals surface area contributed by atoms with Crippen LogP contribution in [0.1, 0.15) is 45.0 Å². The fourth-order valence-electron chi connectivity index (χ4n) is 3.22. The van der Waals surface area contributed by atoms with Gasteiger partial charge in [-0.2, -0.15) is 0 Å². The number of carbonyl (C=O) groups is 1. The summed E-state index contributed by atoms with van der Waals surface area (Å²) in [6.45, 7) is 11.7. The molecule has 2 aliphatic rings. The third-order valence-corrected chi connectivity index (χ3v) is 5.61. The normalized spacial score (nSPS) is 24.6. The molecule has 1 aromatic rings. The molecule has 2 heterocycles. The minimum atomic E-state index is -0.579. The van der Waals surface area contributed by atoms with Crippen LogP contribution < -0.4 is 10.2 Å². The number of amides is 1. The first-order valence-electron chi connectivity index (χ1n) is 9.08. The largest absolute Gasteiger partial charge is 0.498 e. The summed E-state index contributed by atoms with van der Waals surface area (Å²) < 4.78 is 23.2. The number of hydrogen-bond acceptors (Lipinski definition) is 5. The Morgan fingerprint density at radius 2 is 1.88 bits per heavy atom. The molecule has 1 unspecified atom stereocenters. The van der Waals surface area contributed by atoms with Gasteiger partial charge in [-0.05, 0) is 52.8 Å². The molecule has 0 aromatic heterocycles. The summed E-state index contributed by atoms with van der Waals surface area (Å²) in [5, 5.41) is 0. The van der Waals surface area contributed by atoms with E-state index in [2.05, 4.69) is 0 Å². The molecule has 0 N–H and O–H groups in total. The van der Waals surface area contributed by atoms with Crippen molar-refractivity contribution >= 4 is 18.5 Å². The predicted molar refractivity (Wildman–Crippen MR) is 100 cm³/mol. The first kappa shape index (κ1) is 19.2. The summed E-state index contributed by atoms with van der Waals surface area (Å²) in [4.78, 5) is 14.8. The predicted octanol–water partition coefficient (Wildman–Crippen LogP) is 1.86. The lowest BCUT2D eigenvalue weighted by molar-refractivity contribution is 0.00360. The van der Waals surface area contributed by atoms with Gasteiger partial charge in [0.15, 0.2) is 0 Å². The third kappa shape index (κ3) is 3.35. The van der Waals surface area contributed by atoms with E-state index in [1.54, 1.807) is 19.2 Å². The molecule has 142 valence electrons. The van der Waals surface area contributed by atoms with E-state index < -0.39 is 18.3 Å². The lowest BCUT2D eigenvalue weighted by Crippen LogP contribution is -2.47. The van der Waals surface area contributed by atoms with Crippen molar-refractivity contribution in [3.8, 4) is 5.75 Å². The monoisotopic (exact) mass is 361 g/mol. The van der Waals surface area contributed by atoms with E-state index in [1.807, 2.05) is 45.6 Å². The zero-order valence-corrected chi connectivity index (χ0v) is 16.5. The van der Waals surface area contributed by atoms with E-state index in [0.717, 1.165) is 5.46 Å². The number of morpholine rings is 1. The Hall–Kier alpha value is -1.57. The molecule has 0 saturated carbocycles. The number of benzene rings is 1. The first-order valence-corrected chi connectivity index (χ1v) is 9.08. The highest BCUT2D eigenvalue weighted by Gasteiger charge is 2.52. The Kier molecular flexibility index (Phi) is 5.07. The molecule has 1 atom stereocenters. The summed E-state index contributed by atoms with van der Waals surface area (Å²) in [7, 11) is 1.03. The van der Waals surface area contributed by atoms with Crippen LogP contribution in [0.4, 0.5) is 0 Å². The average Bonchev–Trinajstić information content (AvgIpc) is 2.82. The van der Waals surface area contributed by atoms with Gasteiger partial charge in [-0.15, -0.1) is 0 Å². The van der Waals surface area contributed by atoms with Crippen LogP contribution in [0.3, 0.4) is 0 Å². The Bertz CT molecular complexity index is 675. The molecule has 2 aliphatic heterocycles. The van der Waals surface area contributed by atoms with E-state index >= 15 is 0 Å². The van der Waals surface area contributed by atoms with Gasteiger partial charge in [-0.25, -0.2) is 0 Å².